The van der Waals surface area contributed by atoms with Gasteiger partial charge in [0, 0.05) is 23.0 Å². The zero-order valence-corrected chi connectivity index (χ0v) is 17.8. The highest BCUT2D eigenvalue weighted by Gasteiger charge is 2.23. The molecule has 1 N–H and O–H groups in total. The fourth-order valence-corrected chi connectivity index (χ4v) is 3.21. The second-order valence-electron chi connectivity index (χ2n) is 6.59. The summed E-state index contributed by atoms with van der Waals surface area (Å²) in [5, 5.41) is 7.74. The van der Waals surface area contributed by atoms with Gasteiger partial charge in [0.25, 0.3) is 11.7 Å². The number of hydrogen-bond donors (Lipinski definition) is 1. The smallest absolute Gasteiger partial charge is 0.294 e. The van der Waals surface area contributed by atoms with Gasteiger partial charge in [-0.05, 0) is 44.5 Å². The summed E-state index contributed by atoms with van der Waals surface area (Å²) in [6.45, 7) is 5.82. The Hall–Kier alpha value is -2.71. The van der Waals surface area contributed by atoms with Gasteiger partial charge in [-0.15, -0.1) is 5.10 Å². The first-order valence-corrected chi connectivity index (χ1v) is 9.79. The maximum Gasteiger partial charge on any atom is 0.294 e. The minimum atomic E-state index is -0.443. The molecule has 0 aliphatic carbocycles. The molecule has 29 heavy (non-hydrogen) atoms. The van der Waals surface area contributed by atoms with E-state index in [1.165, 1.54) is 9.42 Å². The molecule has 0 atom stereocenters. The van der Waals surface area contributed by atoms with Gasteiger partial charge in [-0.2, -0.15) is 4.98 Å². The van der Waals surface area contributed by atoms with E-state index < -0.39 is 11.8 Å². The van der Waals surface area contributed by atoms with Gasteiger partial charge in [0.1, 0.15) is 6.54 Å². The average Bonchev–Trinajstić information content (AvgIpc) is 3.08. The summed E-state index contributed by atoms with van der Waals surface area (Å²) < 4.78 is 1.51. The Morgan fingerprint density at radius 2 is 1.93 bits per heavy atom. The standard InChI is InChI=1S/C19H20Cl2N6O2/c1-4-7-26(10-16(28)23-15-9-13(20)5-6-14(15)21)18(29)17-24-19-22-11(2)8-12(3)27(19)25-17/h5-6,8-9H,4,7,10H2,1-3H3,(H,23,28). The van der Waals surface area contributed by atoms with Crippen molar-refractivity contribution in [2.45, 2.75) is 27.2 Å². The second kappa shape index (κ2) is 8.75. The van der Waals surface area contributed by atoms with Crippen LogP contribution < -0.4 is 5.32 Å². The van der Waals surface area contributed by atoms with Crippen LogP contribution >= 0.6 is 23.2 Å². The SMILES string of the molecule is CCCN(CC(=O)Nc1cc(Cl)ccc1Cl)C(=O)c1nc2nc(C)cc(C)n2n1. The van der Waals surface area contributed by atoms with Gasteiger partial charge in [0.05, 0.1) is 10.7 Å². The lowest BCUT2D eigenvalue weighted by Gasteiger charge is -2.20. The Bertz CT molecular complexity index is 1080. The molecule has 3 rings (SSSR count). The van der Waals surface area contributed by atoms with Crippen molar-refractivity contribution in [2.24, 2.45) is 0 Å². The molecule has 2 heterocycles. The fourth-order valence-electron chi connectivity index (χ4n) is 2.88. The summed E-state index contributed by atoms with van der Waals surface area (Å²) >= 11 is 12.0. The van der Waals surface area contributed by atoms with Crippen LogP contribution in [0.3, 0.4) is 0 Å². The van der Waals surface area contributed by atoms with Gasteiger partial charge < -0.3 is 10.2 Å². The molecule has 0 aliphatic rings. The third-order valence-corrected chi connectivity index (χ3v) is 4.69. The van der Waals surface area contributed by atoms with Crippen LogP contribution in [0.25, 0.3) is 5.78 Å². The minimum absolute atomic E-state index is 0.00626. The molecule has 0 fully saturated rings. The lowest BCUT2D eigenvalue weighted by Crippen LogP contribution is -2.39. The van der Waals surface area contributed by atoms with Crippen molar-refractivity contribution < 1.29 is 9.59 Å². The van der Waals surface area contributed by atoms with Crippen molar-refractivity contribution in [1.29, 1.82) is 0 Å². The Morgan fingerprint density at radius 1 is 1.17 bits per heavy atom. The lowest BCUT2D eigenvalue weighted by molar-refractivity contribution is -0.116. The maximum absolute atomic E-state index is 12.9. The van der Waals surface area contributed by atoms with Crippen LogP contribution in [0.5, 0.6) is 0 Å². The number of benzene rings is 1. The highest BCUT2D eigenvalue weighted by Crippen LogP contribution is 2.25. The Morgan fingerprint density at radius 3 is 2.66 bits per heavy atom. The fraction of sp³-hybridized carbons (Fsp3) is 0.316. The van der Waals surface area contributed by atoms with Gasteiger partial charge in [-0.1, -0.05) is 30.1 Å². The maximum atomic E-state index is 12.9. The molecule has 3 aromatic rings. The van der Waals surface area contributed by atoms with Gasteiger partial charge in [-0.25, -0.2) is 9.50 Å². The summed E-state index contributed by atoms with van der Waals surface area (Å²) in [5.74, 6) is -0.502. The number of nitrogens with zero attached hydrogens (tertiary/aromatic N) is 5. The van der Waals surface area contributed by atoms with E-state index in [9.17, 15) is 9.59 Å². The zero-order chi connectivity index (χ0) is 21.1. The van der Waals surface area contributed by atoms with Crippen molar-refractivity contribution in [3.8, 4) is 0 Å². The molecule has 0 spiro atoms. The van der Waals surface area contributed by atoms with E-state index in [0.717, 1.165) is 11.4 Å². The van der Waals surface area contributed by atoms with E-state index in [1.807, 2.05) is 26.8 Å². The number of hydrogen-bond acceptors (Lipinski definition) is 5. The predicted molar refractivity (Wildman–Crippen MR) is 112 cm³/mol. The number of aryl methyl sites for hydroxylation is 2. The van der Waals surface area contributed by atoms with Crippen LogP contribution in [0, 0.1) is 13.8 Å². The number of nitrogens with one attached hydrogen (secondary N) is 1. The average molecular weight is 435 g/mol. The van der Waals surface area contributed by atoms with E-state index in [1.54, 1.807) is 18.2 Å². The van der Waals surface area contributed by atoms with Crippen LogP contribution in [0.1, 0.15) is 35.4 Å². The van der Waals surface area contributed by atoms with E-state index in [2.05, 4.69) is 20.4 Å². The highest BCUT2D eigenvalue weighted by molar-refractivity contribution is 6.35. The molecule has 0 saturated heterocycles. The number of halogens is 2. The van der Waals surface area contributed by atoms with Crippen molar-refractivity contribution >= 4 is 46.5 Å². The molecule has 2 aromatic heterocycles. The number of anilines is 1. The molecular weight excluding hydrogens is 415 g/mol. The number of carbonyl (C=O) groups is 2. The summed E-state index contributed by atoms with van der Waals surface area (Å²) in [6.07, 6.45) is 0.667. The highest BCUT2D eigenvalue weighted by atomic mass is 35.5. The van der Waals surface area contributed by atoms with E-state index >= 15 is 0 Å². The number of amides is 2. The third-order valence-electron chi connectivity index (χ3n) is 4.13. The second-order valence-corrected chi connectivity index (χ2v) is 7.43. The number of fused-ring (bicyclic) bond motifs is 1. The third kappa shape index (κ3) is 4.83. The van der Waals surface area contributed by atoms with Gasteiger partial charge in [0.2, 0.25) is 11.7 Å². The van der Waals surface area contributed by atoms with Crippen molar-refractivity contribution in [2.75, 3.05) is 18.4 Å². The van der Waals surface area contributed by atoms with Crippen molar-refractivity contribution in [3.63, 3.8) is 0 Å². The molecule has 1 aromatic carbocycles. The van der Waals surface area contributed by atoms with Crippen LogP contribution in [0.2, 0.25) is 10.0 Å². The summed E-state index contributed by atoms with van der Waals surface area (Å²) in [4.78, 5) is 35.4. The summed E-state index contributed by atoms with van der Waals surface area (Å²) in [5.41, 5.74) is 1.98. The van der Waals surface area contributed by atoms with E-state index in [0.29, 0.717) is 34.5 Å². The largest absolute Gasteiger partial charge is 0.327 e. The molecule has 0 bridgehead atoms. The zero-order valence-electron chi connectivity index (χ0n) is 16.2. The Kier molecular flexibility index (Phi) is 6.34. The first-order valence-electron chi connectivity index (χ1n) is 9.03. The summed E-state index contributed by atoms with van der Waals surface area (Å²) in [6, 6.07) is 6.61. The van der Waals surface area contributed by atoms with Crippen molar-refractivity contribution in [3.05, 3.63) is 51.5 Å². The molecule has 8 nitrogen and oxygen atoms in total. The number of carbonyl (C=O) groups excluding carboxylic acids is 2. The molecular formula is C19H20Cl2N6O2. The van der Waals surface area contributed by atoms with Crippen LogP contribution in [-0.2, 0) is 4.79 Å². The molecule has 10 heteroatoms. The molecule has 0 saturated carbocycles. The molecule has 152 valence electrons. The number of rotatable bonds is 6. The monoisotopic (exact) mass is 434 g/mol. The van der Waals surface area contributed by atoms with E-state index in [4.69, 9.17) is 23.2 Å². The lowest BCUT2D eigenvalue weighted by atomic mass is 10.3. The van der Waals surface area contributed by atoms with E-state index in [-0.39, 0.29) is 12.4 Å². The Balaban J connectivity index is 1.80. The molecule has 0 unspecified atom stereocenters. The predicted octanol–water partition coefficient (Wildman–Crippen LogP) is 3.54. The quantitative estimate of drug-likeness (QED) is 0.640. The topological polar surface area (TPSA) is 92.5 Å². The molecule has 0 aliphatic heterocycles. The first kappa shape index (κ1) is 21.0. The van der Waals surface area contributed by atoms with Crippen LogP contribution in [-0.4, -0.2) is 49.4 Å². The first-order chi connectivity index (χ1) is 13.8. The minimum Gasteiger partial charge on any atom is -0.327 e. The van der Waals surface area contributed by atoms with Crippen molar-refractivity contribution in [1.82, 2.24) is 24.5 Å². The summed E-state index contributed by atoms with van der Waals surface area (Å²) in [7, 11) is 0. The van der Waals surface area contributed by atoms with Crippen LogP contribution in [0.4, 0.5) is 5.69 Å². The van der Waals surface area contributed by atoms with Gasteiger partial charge >= 0.3 is 0 Å². The Labute approximate surface area is 177 Å². The molecule has 2 amide bonds. The normalized spacial score (nSPS) is 10.9. The van der Waals surface area contributed by atoms with Gasteiger partial charge in [0.15, 0.2) is 0 Å². The number of aromatic nitrogens is 4. The van der Waals surface area contributed by atoms with Gasteiger partial charge in [-0.3, -0.25) is 9.59 Å². The van der Waals surface area contributed by atoms with Crippen LogP contribution in [0.15, 0.2) is 24.3 Å². The molecule has 0 radical (unpaired) electrons.